The third-order valence-electron chi connectivity index (χ3n) is 0.814. The van der Waals surface area contributed by atoms with Gasteiger partial charge < -0.3 is 5.11 Å². The van der Waals surface area contributed by atoms with Crippen molar-refractivity contribution in [3.05, 3.63) is 27.8 Å². The Morgan fingerprint density at radius 3 is 1.89 bits per heavy atom. The summed E-state index contributed by atoms with van der Waals surface area (Å²) in [6, 6.07) is 6.70. The molecule has 0 spiro atoms. The van der Waals surface area contributed by atoms with Crippen molar-refractivity contribution in [1.82, 2.24) is 0 Å². The largest absolute Gasteiger partial charge is 1.00 e. The first kappa shape index (κ1) is 9.75. The summed E-state index contributed by atoms with van der Waals surface area (Å²) in [5.74, 6) is 0.0745. The van der Waals surface area contributed by atoms with Crippen LogP contribution in [-0.2, 0) is 0 Å². The van der Waals surface area contributed by atoms with E-state index in [-0.39, 0.29) is 35.3 Å². The van der Waals surface area contributed by atoms with E-state index in [2.05, 4.69) is 22.6 Å². The zero-order chi connectivity index (χ0) is 5.98. The molecule has 0 aliphatic heterocycles. The van der Waals surface area contributed by atoms with E-state index in [9.17, 15) is 5.11 Å². The van der Waals surface area contributed by atoms with Crippen molar-refractivity contribution in [3.63, 3.8) is 0 Å². The van der Waals surface area contributed by atoms with E-state index in [0.717, 1.165) is 3.57 Å². The first-order chi connectivity index (χ1) is 3.79. The molecule has 0 N–H and O–H groups in total. The minimum absolute atomic E-state index is 0. The van der Waals surface area contributed by atoms with Gasteiger partial charge in [0, 0.05) is 3.57 Å². The van der Waals surface area contributed by atoms with Crippen molar-refractivity contribution in [2.45, 2.75) is 0 Å². The molecule has 0 aromatic heterocycles. The molecule has 3 heteroatoms. The van der Waals surface area contributed by atoms with Crippen LogP contribution in [0.5, 0.6) is 5.75 Å². The average molecular weight is 242 g/mol. The number of hydrogen-bond acceptors (Lipinski definition) is 1. The van der Waals surface area contributed by atoms with E-state index in [1.54, 1.807) is 24.3 Å². The smallest absolute Gasteiger partial charge is 0.872 e. The molecule has 0 fully saturated rings. The quantitative estimate of drug-likeness (QED) is 0.395. The van der Waals surface area contributed by atoms with Crippen molar-refractivity contribution >= 4 is 22.6 Å². The van der Waals surface area contributed by atoms with Gasteiger partial charge in [0.1, 0.15) is 0 Å². The number of rotatable bonds is 0. The van der Waals surface area contributed by atoms with Crippen LogP contribution in [0.4, 0.5) is 0 Å². The molecule has 0 aliphatic carbocycles. The summed E-state index contributed by atoms with van der Waals surface area (Å²) in [4.78, 5) is 0. The van der Waals surface area contributed by atoms with E-state index in [1.807, 2.05) is 0 Å². The third kappa shape index (κ3) is 3.45. The van der Waals surface area contributed by atoms with Gasteiger partial charge in [-0.2, -0.15) is 0 Å². The average Bonchev–Trinajstić information content (AvgIpc) is 1.77. The molecule has 1 rings (SSSR count). The van der Waals surface area contributed by atoms with Crippen molar-refractivity contribution < 1.29 is 34.7 Å². The third-order valence-corrected chi connectivity index (χ3v) is 1.53. The topological polar surface area (TPSA) is 23.1 Å². The van der Waals surface area contributed by atoms with Gasteiger partial charge in [0.2, 0.25) is 0 Å². The SMILES string of the molecule is [Na+].[O-]c1ccc(I)cc1. The molecule has 0 radical (unpaired) electrons. The number of hydrogen-bond donors (Lipinski definition) is 0. The fourth-order valence-corrected chi connectivity index (χ4v) is 0.794. The second-order valence-corrected chi connectivity index (χ2v) is 2.70. The Morgan fingerprint density at radius 2 is 1.56 bits per heavy atom. The van der Waals surface area contributed by atoms with Crippen molar-refractivity contribution in [2.75, 3.05) is 0 Å². The van der Waals surface area contributed by atoms with Crippen LogP contribution in [0.3, 0.4) is 0 Å². The molecule has 1 aromatic rings. The molecule has 0 amide bonds. The van der Waals surface area contributed by atoms with Crippen LogP contribution >= 0.6 is 22.6 Å². The maximum atomic E-state index is 10.4. The normalized spacial score (nSPS) is 8.11. The van der Waals surface area contributed by atoms with Gasteiger partial charge in [-0.05, 0) is 34.7 Å². The molecule has 1 nitrogen and oxygen atoms in total. The van der Waals surface area contributed by atoms with Crippen LogP contribution in [0.1, 0.15) is 0 Å². The van der Waals surface area contributed by atoms with Crippen LogP contribution in [-0.4, -0.2) is 0 Å². The molecule has 0 bridgehead atoms. The second kappa shape index (κ2) is 4.55. The van der Waals surface area contributed by atoms with Gasteiger partial charge in [0.25, 0.3) is 0 Å². The Hall–Kier alpha value is 0.750. The zero-order valence-corrected chi connectivity index (χ0v) is 9.25. The first-order valence-electron chi connectivity index (χ1n) is 2.21. The maximum Gasteiger partial charge on any atom is 1.00 e. The monoisotopic (exact) mass is 242 g/mol. The van der Waals surface area contributed by atoms with Crippen LogP contribution in [0.25, 0.3) is 0 Å². The Morgan fingerprint density at radius 1 is 1.11 bits per heavy atom. The van der Waals surface area contributed by atoms with E-state index < -0.39 is 0 Å². The minimum Gasteiger partial charge on any atom is -0.872 e. The van der Waals surface area contributed by atoms with Crippen molar-refractivity contribution in [1.29, 1.82) is 0 Å². The summed E-state index contributed by atoms with van der Waals surface area (Å²) >= 11 is 2.16. The Bertz CT molecular complexity index is 152. The van der Waals surface area contributed by atoms with E-state index in [1.165, 1.54) is 0 Å². The molecule has 0 unspecified atom stereocenters. The Balaban J connectivity index is 0.000000640. The summed E-state index contributed by atoms with van der Waals surface area (Å²) in [5, 5.41) is 10.4. The first-order valence-corrected chi connectivity index (χ1v) is 3.29. The summed E-state index contributed by atoms with van der Waals surface area (Å²) in [6.07, 6.45) is 0. The summed E-state index contributed by atoms with van der Waals surface area (Å²) in [7, 11) is 0. The Labute approximate surface area is 89.9 Å². The van der Waals surface area contributed by atoms with Crippen LogP contribution < -0.4 is 34.7 Å². The van der Waals surface area contributed by atoms with Crippen LogP contribution in [0, 0.1) is 3.57 Å². The molecule has 0 aliphatic rings. The summed E-state index contributed by atoms with van der Waals surface area (Å²) < 4.78 is 1.10. The van der Waals surface area contributed by atoms with Gasteiger partial charge in [0.05, 0.1) is 0 Å². The van der Waals surface area contributed by atoms with Crippen LogP contribution in [0.2, 0.25) is 0 Å². The number of halogens is 1. The summed E-state index contributed by atoms with van der Waals surface area (Å²) in [5.41, 5.74) is 0. The van der Waals surface area contributed by atoms with Gasteiger partial charge in [-0.1, -0.05) is 12.1 Å². The van der Waals surface area contributed by atoms with E-state index in [0.29, 0.717) is 0 Å². The minimum atomic E-state index is 0. The molecule has 0 saturated carbocycles. The number of benzene rings is 1. The van der Waals surface area contributed by atoms with Crippen LogP contribution in [0.15, 0.2) is 24.3 Å². The molecule has 0 atom stereocenters. The molecule has 0 saturated heterocycles. The molecular formula is C6H4INaO. The molecule has 9 heavy (non-hydrogen) atoms. The fourth-order valence-electron chi connectivity index (χ4n) is 0.435. The molecule has 0 heterocycles. The van der Waals surface area contributed by atoms with Gasteiger partial charge in [-0.3, -0.25) is 0 Å². The summed E-state index contributed by atoms with van der Waals surface area (Å²) in [6.45, 7) is 0. The van der Waals surface area contributed by atoms with Gasteiger partial charge in [-0.25, -0.2) is 0 Å². The van der Waals surface area contributed by atoms with Crippen molar-refractivity contribution in [2.24, 2.45) is 0 Å². The maximum absolute atomic E-state index is 10.4. The predicted molar refractivity (Wildman–Crippen MR) is 38.6 cm³/mol. The molecule has 1 aromatic carbocycles. The molecular weight excluding hydrogens is 238 g/mol. The van der Waals surface area contributed by atoms with Gasteiger partial charge in [-0.15, -0.1) is 5.75 Å². The Kier molecular flexibility index (Phi) is 4.93. The fraction of sp³-hybridized carbons (Fsp3) is 0. The van der Waals surface area contributed by atoms with Gasteiger partial charge in [0.15, 0.2) is 0 Å². The second-order valence-electron chi connectivity index (χ2n) is 1.45. The zero-order valence-electron chi connectivity index (χ0n) is 5.10. The molecule has 42 valence electrons. The predicted octanol–water partition coefficient (Wildman–Crippen LogP) is -1.63. The van der Waals surface area contributed by atoms with E-state index in [4.69, 9.17) is 0 Å². The van der Waals surface area contributed by atoms with Crippen molar-refractivity contribution in [3.8, 4) is 5.75 Å². The van der Waals surface area contributed by atoms with E-state index >= 15 is 0 Å². The standard InChI is InChI=1S/C6H5IO.Na/c7-5-1-3-6(8)4-2-5;/h1-4,8H;/q;+1/p-1. The van der Waals surface area contributed by atoms with Gasteiger partial charge >= 0.3 is 29.6 Å².